The largest absolute Gasteiger partial charge is 0.758 e. The number of hydrogen-bond acceptors (Lipinski definition) is 5. The molecule has 1 fully saturated rings. The van der Waals surface area contributed by atoms with Crippen molar-refractivity contribution in [2.45, 2.75) is 37.8 Å². The fourth-order valence-corrected chi connectivity index (χ4v) is 3.37. The molecule has 0 aromatic heterocycles. The maximum Gasteiger partial charge on any atom is 0.244 e. The van der Waals surface area contributed by atoms with Crippen molar-refractivity contribution in [3.8, 4) is 11.5 Å². The summed E-state index contributed by atoms with van der Waals surface area (Å²) < 4.78 is 11.6. The third kappa shape index (κ3) is 1.98. The van der Waals surface area contributed by atoms with Gasteiger partial charge in [-0.25, -0.2) is 0 Å². The van der Waals surface area contributed by atoms with Crippen LogP contribution in [0.4, 0.5) is 0 Å². The second-order valence-electron chi connectivity index (χ2n) is 5.69. The van der Waals surface area contributed by atoms with Gasteiger partial charge in [-0.2, -0.15) is 0 Å². The highest BCUT2D eigenvalue weighted by Gasteiger charge is 2.42. The number of benzene rings is 1. The van der Waals surface area contributed by atoms with Crippen LogP contribution in [-0.2, 0) is 0 Å². The van der Waals surface area contributed by atoms with Crippen LogP contribution in [0, 0.1) is 10.1 Å². The molecule has 1 aromatic rings. The maximum atomic E-state index is 12.6. The van der Waals surface area contributed by atoms with Gasteiger partial charge in [-0.05, 0) is 31.0 Å². The minimum Gasteiger partial charge on any atom is -0.758 e. The molecule has 110 valence electrons. The van der Waals surface area contributed by atoms with Gasteiger partial charge in [0.2, 0.25) is 19.0 Å². The van der Waals surface area contributed by atoms with Gasteiger partial charge in [0.25, 0.3) is 0 Å². The zero-order chi connectivity index (χ0) is 14.4. The summed E-state index contributed by atoms with van der Waals surface area (Å²) in [7, 11) is 0. The van der Waals surface area contributed by atoms with Gasteiger partial charge in [0.05, 0.1) is 6.04 Å². The number of hydrogen-bond donors (Lipinski definition) is 0. The molecule has 2 heterocycles. The molecule has 0 radical (unpaired) electrons. The van der Waals surface area contributed by atoms with E-state index in [1.807, 2.05) is 0 Å². The predicted octanol–water partition coefficient (Wildman–Crippen LogP) is 2.62. The molecule has 1 saturated carbocycles. The summed E-state index contributed by atoms with van der Waals surface area (Å²) in [6.07, 6.45) is 4.99. The van der Waals surface area contributed by atoms with Crippen molar-refractivity contribution in [2.24, 2.45) is 0 Å². The molecule has 1 aromatic carbocycles. The molecule has 0 spiro atoms. The van der Waals surface area contributed by atoms with Crippen LogP contribution in [0.5, 0.6) is 11.5 Å². The first-order valence-electron chi connectivity index (χ1n) is 7.28. The Morgan fingerprint density at radius 3 is 2.90 bits per heavy atom. The zero-order valence-electron chi connectivity index (χ0n) is 11.5. The quantitative estimate of drug-likeness (QED) is 0.743. The fraction of sp³-hybridized carbons (Fsp3) is 0.467. The molecule has 0 unspecified atom stereocenters. The summed E-state index contributed by atoms with van der Waals surface area (Å²) in [6.45, 7) is 0.192. The molecular weight excluding hydrogens is 272 g/mol. The van der Waals surface area contributed by atoms with Crippen molar-refractivity contribution >= 4 is 5.70 Å². The molecule has 0 bridgehead atoms. The van der Waals surface area contributed by atoms with Crippen molar-refractivity contribution in [2.75, 3.05) is 6.79 Å². The molecule has 0 amide bonds. The van der Waals surface area contributed by atoms with E-state index < -0.39 is 0 Å². The molecule has 21 heavy (non-hydrogen) atoms. The highest BCUT2D eigenvalue weighted by molar-refractivity contribution is 5.67. The van der Waals surface area contributed by atoms with Gasteiger partial charge in [-0.15, -0.1) is 0 Å². The highest BCUT2D eigenvalue weighted by Crippen LogP contribution is 2.38. The van der Waals surface area contributed by atoms with Gasteiger partial charge in [-0.1, -0.05) is 6.42 Å². The smallest absolute Gasteiger partial charge is 0.244 e. The molecule has 6 nitrogen and oxygen atoms in total. The number of hydroxylamine groups is 2. The monoisotopic (exact) mass is 288 g/mol. The SMILES string of the molecule is O=[N+]1C=C(c2ccc3c(c2)OCO3)N([O-])[C@H]2CCCC[C@@H]21. The number of nitroso groups, excluding NO2 is 1. The van der Waals surface area contributed by atoms with Gasteiger partial charge in [0.15, 0.2) is 11.5 Å². The topological polar surface area (TPSA) is 64.8 Å². The van der Waals surface area contributed by atoms with Crippen molar-refractivity contribution in [3.05, 3.63) is 40.1 Å². The summed E-state index contributed by atoms with van der Waals surface area (Å²) in [5.41, 5.74) is 1.10. The van der Waals surface area contributed by atoms with Crippen molar-refractivity contribution in [3.63, 3.8) is 0 Å². The van der Waals surface area contributed by atoms with E-state index in [4.69, 9.17) is 9.47 Å². The summed E-state index contributed by atoms with van der Waals surface area (Å²) in [5, 5.41) is 13.6. The highest BCUT2D eigenvalue weighted by atomic mass is 16.7. The van der Waals surface area contributed by atoms with E-state index in [1.165, 1.54) is 6.20 Å². The fourth-order valence-electron chi connectivity index (χ4n) is 3.37. The van der Waals surface area contributed by atoms with E-state index in [-0.39, 0.29) is 18.9 Å². The Kier molecular flexibility index (Phi) is 2.85. The van der Waals surface area contributed by atoms with Crippen LogP contribution in [0.25, 0.3) is 5.70 Å². The summed E-state index contributed by atoms with van der Waals surface area (Å²) in [5.74, 6) is 1.28. The third-order valence-corrected chi connectivity index (χ3v) is 4.48. The zero-order valence-corrected chi connectivity index (χ0v) is 11.5. The van der Waals surface area contributed by atoms with Gasteiger partial charge < -0.3 is 19.7 Å². The lowest BCUT2D eigenvalue weighted by Gasteiger charge is -2.44. The first-order valence-corrected chi connectivity index (χ1v) is 7.28. The molecule has 0 N–H and O–H groups in total. The van der Waals surface area contributed by atoms with Crippen LogP contribution < -0.4 is 9.47 Å². The van der Waals surface area contributed by atoms with Crippen molar-refractivity contribution < 1.29 is 14.2 Å². The van der Waals surface area contributed by atoms with Crippen molar-refractivity contribution in [1.82, 2.24) is 5.06 Å². The average Bonchev–Trinajstić information content (AvgIpc) is 2.98. The van der Waals surface area contributed by atoms with Crippen LogP contribution in [0.15, 0.2) is 24.4 Å². The minimum atomic E-state index is -0.248. The molecular formula is C15H16N2O4. The molecule has 6 heteroatoms. The predicted molar refractivity (Wildman–Crippen MR) is 75.4 cm³/mol. The second-order valence-corrected chi connectivity index (χ2v) is 5.69. The summed E-state index contributed by atoms with van der Waals surface area (Å²) >= 11 is 0. The first-order chi connectivity index (χ1) is 10.2. The Bertz CT molecular complexity index is 628. The lowest BCUT2D eigenvalue weighted by molar-refractivity contribution is -0.536. The van der Waals surface area contributed by atoms with Crippen molar-refractivity contribution in [1.29, 1.82) is 0 Å². The Morgan fingerprint density at radius 2 is 2.00 bits per heavy atom. The van der Waals surface area contributed by atoms with E-state index in [1.54, 1.807) is 18.2 Å². The van der Waals surface area contributed by atoms with Gasteiger partial charge in [0.1, 0.15) is 5.70 Å². The van der Waals surface area contributed by atoms with Crippen LogP contribution >= 0.6 is 0 Å². The van der Waals surface area contributed by atoms with Crippen LogP contribution in [0.2, 0.25) is 0 Å². The number of fused-ring (bicyclic) bond motifs is 2. The lowest BCUT2D eigenvalue weighted by atomic mass is 9.88. The molecule has 4 rings (SSSR count). The molecule has 2 aliphatic heterocycles. The third-order valence-electron chi connectivity index (χ3n) is 4.48. The molecule has 0 saturated heterocycles. The van der Waals surface area contributed by atoms with E-state index in [9.17, 15) is 10.1 Å². The van der Waals surface area contributed by atoms with Crippen LogP contribution in [0.3, 0.4) is 0 Å². The Labute approximate surface area is 122 Å². The maximum absolute atomic E-state index is 12.6. The Morgan fingerprint density at radius 1 is 1.19 bits per heavy atom. The van der Waals surface area contributed by atoms with E-state index in [0.717, 1.165) is 35.5 Å². The molecule has 1 aliphatic carbocycles. The van der Waals surface area contributed by atoms with E-state index in [0.29, 0.717) is 22.8 Å². The average molecular weight is 288 g/mol. The van der Waals surface area contributed by atoms with E-state index >= 15 is 0 Å². The Balaban J connectivity index is 1.72. The van der Waals surface area contributed by atoms with Crippen LogP contribution in [-0.4, -0.2) is 28.7 Å². The Hall–Kier alpha value is -2.08. The summed E-state index contributed by atoms with van der Waals surface area (Å²) in [4.78, 5) is 12.2. The minimum absolute atomic E-state index is 0.192. The van der Waals surface area contributed by atoms with Gasteiger partial charge >= 0.3 is 0 Å². The lowest BCUT2D eigenvalue weighted by Crippen LogP contribution is -2.49. The van der Waals surface area contributed by atoms with E-state index in [2.05, 4.69) is 0 Å². The van der Waals surface area contributed by atoms with Gasteiger partial charge in [0, 0.05) is 21.7 Å². The first kappa shape index (κ1) is 12.6. The number of nitrogens with zero attached hydrogens (tertiary/aromatic N) is 2. The standard InChI is InChI=1S/C15H16N2O4/c18-16-8-13(17(19)12-4-2-1-3-11(12)16)10-5-6-14-15(7-10)21-9-20-14/h5-8,11-12H,1-4,9H2/t11-,12-/m0/s1. The molecule has 3 aliphatic rings. The molecule has 2 atom stereocenters. The van der Waals surface area contributed by atoms with Crippen LogP contribution in [0.1, 0.15) is 31.2 Å². The number of ether oxygens (including phenoxy) is 2. The summed E-state index contributed by atoms with van der Waals surface area (Å²) in [6, 6.07) is 4.86. The number of rotatable bonds is 1. The normalized spacial score (nSPS) is 27.4. The second kappa shape index (κ2) is 4.73. The van der Waals surface area contributed by atoms with Gasteiger partial charge in [-0.3, -0.25) is 0 Å².